The summed E-state index contributed by atoms with van der Waals surface area (Å²) in [7, 11) is 0. The zero-order chi connectivity index (χ0) is 13.8. The van der Waals surface area contributed by atoms with Crippen molar-refractivity contribution in [2.45, 2.75) is 6.42 Å². The largest absolute Gasteiger partial charge is 0.456 e. The molecule has 0 saturated carbocycles. The summed E-state index contributed by atoms with van der Waals surface area (Å²) in [6.45, 7) is 0.600. The minimum atomic E-state index is -0.307. The van der Waals surface area contributed by atoms with Crippen LogP contribution in [0.2, 0.25) is 0 Å². The van der Waals surface area contributed by atoms with Gasteiger partial charge < -0.3 is 10.5 Å². The maximum atomic E-state index is 13.0. The van der Waals surface area contributed by atoms with Crippen LogP contribution in [0.4, 0.5) is 4.39 Å². The van der Waals surface area contributed by atoms with Crippen molar-refractivity contribution in [2.75, 3.05) is 6.54 Å². The number of rotatable bonds is 4. The van der Waals surface area contributed by atoms with Gasteiger partial charge >= 0.3 is 0 Å². The molecule has 0 aliphatic heterocycles. The first-order valence-corrected chi connectivity index (χ1v) is 7.30. The lowest BCUT2D eigenvalue weighted by atomic mass is 10.1. The van der Waals surface area contributed by atoms with Gasteiger partial charge in [-0.2, -0.15) is 0 Å². The fourth-order valence-corrected chi connectivity index (χ4v) is 2.62. The van der Waals surface area contributed by atoms with E-state index in [1.165, 1.54) is 12.1 Å². The Morgan fingerprint density at radius 1 is 1.05 bits per heavy atom. The van der Waals surface area contributed by atoms with Gasteiger partial charge in [-0.05, 0) is 64.8 Å². The van der Waals surface area contributed by atoms with Crippen molar-refractivity contribution in [1.82, 2.24) is 0 Å². The zero-order valence-corrected chi connectivity index (χ0v) is 13.2. The standard InChI is InChI=1S/C14H12Br2FNO/c15-12-8-11(3-1-9(12)5-6-18)19-14-4-2-10(17)7-13(14)16/h1-4,7-8H,5-6,18H2. The summed E-state index contributed by atoms with van der Waals surface area (Å²) in [6.07, 6.45) is 0.807. The Morgan fingerprint density at radius 3 is 2.47 bits per heavy atom. The number of hydrogen-bond acceptors (Lipinski definition) is 2. The highest BCUT2D eigenvalue weighted by Crippen LogP contribution is 2.32. The Kier molecular flexibility index (Phi) is 4.96. The second-order valence-electron chi connectivity index (χ2n) is 3.97. The van der Waals surface area contributed by atoms with Gasteiger partial charge in [-0.25, -0.2) is 4.39 Å². The molecular weight excluding hydrogens is 377 g/mol. The Balaban J connectivity index is 2.21. The van der Waals surface area contributed by atoms with E-state index in [9.17, 15) is 4.39 Å². The molecule has 2 aromatic carbocycles. The first-order valence-electron chi connectivity index (χ1n) is 5.71. The van der Waals surface area contributed by atoms with Crippen molar-refractivity contribution in [2.24, 2.45) is 5.73 Å². The Hall–Kier alpha value is -0.910. The van der Waals surface area contributed by atoms with Crippen molar-refractivity contribution < 1.29 is 9.13 Å². The van der Waals surface area contributed by atoms with Crippen LogP contribution in [0.25, 0.3) is 0 Å². The quantitative estimate of drug-likeness (QED) is 0.827. The van der Waals surface area contributed by atoms with Gasteiger partial charge in [0, 0.05) is 4.47 Å². The first-order chi connectivity index (χ1) is 9.10. The lowest BCUT2D eigenvalue weighted by molar-refractivity contribution is 0.476. The van der Waals surface area contributed by atoms with Crippen LogP contribution < -0.4 is 10.5 Å². The molecular formula is C14H12Br2FNO. The molecule has 0 spiro atoms. The van der Waals surface area contributed by atoms with E-state index >= 15 is 0 Å². The minimum absolute atomic E-state index is 0.307. The van der Waals surface area contributed by atoms with E-state index in [4.69, 9.17) is 10.5 Å². The van der Waals surface area contributed by atoms with Crippen LogP contribution >= 0.6 is 31.9 Å². The first kappa shape index (κ1) is 14.5. The third kappa shape index (κ3) is 3.78. The smallest absolute Gasteiger partial charge is 0.141 e. The van der Waals surface area contributed by atoms with Crippen LogP contribution in [0.3, 0.4) is 0 Å². The molecule has 0 aromatic heterocycles. The average Bonchev–Trinajstić information content (AvgIpc) is 2.36. The molecule has 2 nitrogen and oxygen atoms in total. The average molecular weight is 389 g/mol. The second kappa shape index (κ2) is 6.50. The van der Waals surface area contributed by atoms with Gasteiger partial charge in [0.2, 0.25) is 0 Å². The SMILES string of the molecule is NCCc1ccc(Oc2ccc(F)cc2Br)cc1Br. The maximum absolute atomic E-state index is 13.0. The number of hydrogen-bond donors (Lipinski definition) is 1. The minimum Gasteiger partial charge on any atom is -0.456 e. The van der Waals surface area contributed by atoms with Gasteiger partial charge in [0.05, 0.1) is 4.47 Å². The molecule has 0 radical (unpaired) electrons. The fraction of sp³-hybridized carbons (Fsp3) is 0.143. The van der Waals surface area contributed by atoms with Crippen molar-refractivity contribution in [1.29, 1.82) is 0 Å². The van der Waals surface area contributed by atoms with Crippen molar-refractivity contribution in [3.63, 3.8) is 0 Å². The van der Waals surface area contributed by atoms with Gasteiger partial charge in [-0.15, -0.1) is 0 Å². The van der Waals surface area contributed by atoms with Gasteiger partial charge in [-0.3, -0.25) is 0 Å². The van der Waals surface area contributed by atoms with E-state index in [0.717, 1.165) is 16.5 Å². The van der Waals surface area contributed by atoms with Gasteiger partial charge in [0.1, 0.15) is 17.3 Å². The van der Waals surface area contributed by atoms with E-state index in [1.807, 2.05) is 18.2 Å². The highest BCUT2D eigenvalue weighted by atomic mass is 79.9. The predicted molar refractivity (Wildman–Crippen MR) is 81.1 cm³/mol. The van der Waals surface area contributed by atoms with E-state index < -0.39 is 0 Å². The Morgan fingerprint density at radius 2 is 1.84 bits per heavy atom. The summed E-state index contributed by atoms with van der Waals surface area (Å²) in [5.41, 5.74) is 6.66. The second-order valence-corrected chi connectivity index (χ2v) is 5.68. The summed E-state index contributed by atoms with van der Waals surface area (Å²) in [4.78, 5) is 0. The molecule has 100 valence electrons. The van der Waals surface area contributed by atoms with Gasteiger partial charge in [0.25, 0.3) is 0 Å². The summed E-state index contributed by atoms with van der Waals surface area (Å²) in [5.74, 6) is 0.943. The van der Waals surface area contributed by atoms with Gasteiger partial charge in [-0.1, -0.05) is 22.0 Å². The molecule has 0 saturated heterocycles. The molecule has 0 aliphatic rings. The van der Waals surface area contributed by atoms with Crippen LogP contribution in [0.15, 0.2) is 45.3 Å². The topological polar surface area (TPSA) is 35.2 Å². The highest BCUT2D eigenvalue weighted by Gasteiger charge is 2.06. The molecule has 19 heavy (non-hydrogen) atoms. The van der Waals surface area contributed by atoms with Crippen LogP contribution in [-0.2, 0) is 6.42 Å². The van der Waals surface area contributed by atoms with Crippen LogP contribution in [0, 0.1) is 5.82 Å². The fourth-order valence-electron chi connectivity index (χ4n) is 1.63. The maximum Gasteiger partial charge on any atom is 0.141 e. The molecule has 0 amide bonds. The normalized spacial score (nSPS) is 10.5. The third-order valence-electron chi connectivity index (χ3n) is 2.56. The molecule has 2 rings (SSSR count). The molecule has 0 atom stereocenters. The molecule has 0 aliphatic carbocycles. The summed E-state index contributed by atoms with van der Waals surface area (Å²) >= 11 is 6.75. The van der Waals surface area contributed by atoms with Crippen molar-refractivity contribution in [3.8, 4) is 11.5 Å². The molecule has 0 unspecified atom stereocenters. The van der Waals surface area contributed by atoms with Crippen molar-refractivity contribution >= 4 is 31.9 Å². The van der Waals surface area contributed by atoms with E-state index in [2.05, 4.69) is 31.9 Å². The van der Waals surface area contributed by atoms with Crippen LogP contribution in [0.1, 0.15) is 5.56 Å². The molecule has 5 heteroatoms. The Labute approximate surface area is 128 Å². The van der Waals surface area contributed by atoms with E-state index in [-0.39, 0.29) is 5.82 Å². The monoisotopic (exact) mass is 387 g/mol. The Bertz CT molecular complexity index is 590. The van der Waals surface area contributed by atoms with E-state index in [0.29, 0.717) is 22.5 Å². The van der Waals surface area contributed by atoms with Crippen LogP contribution in [-0.4, -0.2) is 6.54 Å². The number of benzene rings is 2. The highest BCUT2D eigenvalue weighted by molar-refractivity contribution is 9.10. The van der Waals surface area contributed by atoms with Crippen molar-refractivity contribution in [3.05, 3.63) is 56.7 Å². The molecule has 2 N–H and O–H groups in total. The predicted octanol–water partition coefficient (Wildman–Crippen LogP) is 4.64. The summed E-state index contributed by atoms with van der Waals surface area (Å²) in [6, 6.07) is 10.0. The third-order valence-corrected chi connectivity index (χ3v) is 3.92. The zero-order valence-electron chi connectivity index (χ0n) is 10.00. The lowest BCUT2D eigenvalue weighted by Gasteiger charge is -2.10. The summed E-state index contributed by atoms with van der Waals surface area (Å²) < 4.78 is 20.2. The van der Waals surface area contributed by atoms with Crippen LogP contribution in [0.5, 0.6) is 11.5 Å². The van der Waals surface area contributed by atoms with Gasteiger partial charge in [0.15, 0.2) is 0 Å². The number of nitrogens with two attached hydrogens (primary N) is 1. The number of halogens is 3. The molecule has 2 aromatic rings. The molecule has 0 heterocycles. The summed E-state index contributed by atoms with van der Waals surface area (Å²) in [5, 5.41) is 0. The molecule has 0 fully saturated rings. The van der Waals surface area contributed by atoms with E-state index in [1.54, 1.807) is 6.07 Å². The molecule has 0 bridgehead atoms. The lowest BCUT2D eigenvalue weighted by Crippen LogP contribution is -2.03. The number of ether oxygens (including phenoxy) is 1.